The first-order valence-corrected chi connectivity index (χ1v) is 7.59. The number of nitrogen functional groups attached to an aromatic ring is 1. The SMILES string of the molecule is COc1ccc(-c2nc3ncccn3c2-c2ccc(N)cc2)cc1. The fourth-order valence-corrected chi connectivity index (χ4v) is 2.75. The Morgan fingerprint density at radius 3 is 2.38 bits per heavy atom. The predicted octanol–water partition coefficient (Wildman–Crippen LogP) is 3.65. The van der Waals surface area contributed by atoms with E-state index < -0.39 is 0 Å². The zero-order valence-corrected chi connectivity index (χ0v) is 13.2. The van der Waals surface area contributed by atoms with Crippen LogP contribution in [0.1, 0.15) is 0 Å². The Bertz CT molecular complexity index is 988. The van der Waals surface area contributed by atoms with Gasteiger partial charge in [-0.15, -0.1) is 0 Å². The first-order valence-electron chi connectivity index (χ1n) is 7.59. The highest BCUT2D eigenvalue weighted by Crippen LogP contribution is 2.33. The van der Waals surface area contributed by atoms with Crippen LogP contribution >= 0.6 is 0 Å². The van der Waals surface area contributed by atoms with Gasteiger partial charge >= 0.3 is 0 Å². The van der Waals surface area contributed by atoms with Crippen LogP contribution in [-0.2, 0) is 0 Å². The average molecular weight is 316 g/mol. The van der Waals surface area contributed by atoms with Crippen molar-refractivity contribution >= 4 is 11.5 Å². The van der Waals surface area contributed by atoms with E-state index in [2.05, 4.69) is 4.98 Å². The van der Waals surface area contributed by atoms with Crippen LogP contribution in [0.3, 0.4) is 0 Å². The Morgan fingerprint density at radius 2 is 1.67 bits per heavy atom. The normalized spacial score (nSPS) is 10.9. The van der Waals surface area contributed by atoms with E-state index in [0.717, 1.165) is 34.0 Å². The maximum Gasteiger partial charge on any atom is 0.234 e. The van der Waals surface area contributed by atoms with E-state index in [-0.39, 0.29) is 0 Å². The van der Waals surface area contributed by atoms with Crippen molar-refractivity contribution in [2.24, 2.45) is 0 Å². The number of hydrogen-bond donors (Lipinski definition) is 1. The molecule has 118 valence electrons. The van der Waals surface area contributed by atoms with Crippen molar-refractivity contribution in [2.45, 2.75) is 0 Å². The molecule has 0 unspecified atom stereocenters. The molecule has 5 nitrogen and oxygen atoms in total. The summed E-state index contributed by atoms with van der Waals surface area (Å²) in [7, 11) is 1.66. The molecular weight excluding hydrogens is 300 g/mol. The lowest BCUT2D eigenvalue weighted by molar-refractivity contribution is 0.415. The lowest BCUT2D eigenvalue weighted by atomic mass is 10.0. The molecule has 4 rings (SSSR count). The first-order chi connectivity index (χ1) is 11.8. The van der Waals surface area contributed by atoms with Gasteiger partial charge in [0, 0.05) is 29.2 Å². The number of ether oxygens (including phenoxy) is 1. The molecule has 0 atom stereocenters. The average Bonchev–Trinajstić information content (AvgIpc) is 3.02. The second kappa shape index (κ2) is 5.70. The number of benzene rings is 2. The molecule has 0 fully saturated rings. The van der Waals surface area contributed by atoms with Gasteiger partial charge in [0.15, 0.2) is 0 Å². The summed E-state index contributed by atoms with van der Waals surface area (Å²) >= 11 is 0. The van der Waals surface area contributed by atoms with Crippen molar-refractivity contribution < 1.29 is 4.74 Å². The summed E-state index contributed by atoms with van der Waals surface area (Å²) in [5, 5.41) is 0. The molecule has 2 aromatic carbocycles. The van der Waals surface area contributed by atoms with E-state index in [1.54, 1.807) is 13.3 Å². The van der Waals surface area contributed by atoms with Crippen LogP contribution in [0.15, 0.2) is 67.0 Å². The molecular formula is C19H16N4O. The highest BCUT2D eigenvalue weighted by molar-refractivity contribution is 5.81. The molecule has 0 radical (unpaired) electrons. The van der Waals surface area contributed by atoms with Crippen molar-refractivity contribution in [1.29, 1.82) is 0 Å². The van der Waals surface area contributed by atoms with E-state index in [1.165, 1.54) is 0 Å². The van der Waals surface area contributed by atoms with Crippen LogP contribution in [0, 0.1) is 0 Å². The van der Waals surface area contributed by atoms with Crippen molar-refractivity contribution in [3.8, 4) is 28.3 Å². The highest BCUT2D eigenvalue weighted by atomic mass is 16.5. The summed E-state index contributed by atoms with van der Waals surface area (Å²) in [6.07, 6.45) is 3.71. The van der Waals surface area contributed by atoms with E-state index in [1.807, 2.05) is 65.2 Å². The van der Waals surface area contributed by atoms with Gasteiger partial charge < -0.3 is 10.5 Å². The lowest BCUT2D eigenvalue weighted by Gasteiger charge is -2.07. The van der Waals surface area contributed by atoms with Crippen molar-refractivity contribution in [3.63, 3.8) is 0 Å². The molecule has 0 aliphatic carbocycles. The van der Waals surface area contributed by atoms with Crippen molar-refractivity contribution in [2.75, 3.05) is 12.8 Å². The molecule has 0 spiro atoms. The van der Waals surface area contributed by atoms with E-state index in [0.29, 0.717) is 5.78 Å². The van der Waals surface area contributed by atoms with Crippen molar-refractivity contribution in [1.82, 2.24) is 14.4 Å². The Morgan fingerprint density at radius 1 is 0.958 bits per heavy atom. The monoisotopic (exact) mass is 316 g/mol. The summed E-state index contributed by atoms with van der Waals surface area (Å²) < 4.78 is 7.23. The van der Waals surface area contributed by atoms with Gasteiger partial charge in [-0.1, -0.05) is 12.1 Å². The molecule has 2 aromatic heterocycles. The third-order valence-corrected chi connectivity index (χ3v) is 3.95. The Labute approximate surface area is 139 Å². The summed E-state index contributed by atoms with van der Waals surface area (Å²) in [5.41, 5.74) is 10.5. The number of aromatic nitrogens is 3. The van der Waals surface area contributed by atoms with Crippen LogP contribution in [0.5, 0.6) is 5.75 Å². The van der Waals surface area contributed by atoms with E-state index >= 15 is 0 Å². The van der Waals surface area contributed by atoms with Gasteiger partial charge in [0.1, 0.15) is 5.75 Å². The van der Waals surface area contributed by atoms with E-state index in [4.69, 9.17) is 15.5 Å². The Kier molecular flexibility index (Phi) is 3.39. The first kappa shape index (κ1) is 14.3. The minimum atomic E-state index is 0.662. The molecule has 0 bridgehead atoms. The van der Waals surface area contributed by atoms with E-state index in [9.17, 15) is 0 Å². The molecule has 24 heavy (non-hydrogen) atoms. The summed E-state index contributed by atoms with van der Waals surface area (Å²) in [4.78, 5) is 9.08. The number of fused-ring (bicyclic) bond motifs is 1. The van der Waals surface area contributed by atoms with Gasteiger partial charge in [-0.05, 0) is 42.5 Å². The largest absolute Gasteiger partial charge is 0.497 e. The lowest BCUT2D eigenvalue weighted by Crippen LogP contribution is -1.91. The molecule has 2 heterocycles. The number of nitrogens with zero attached hydrogens (tertiary/aromatic N) is 3. The quantitative estimate of drug-likeness (QED) is 0.586. The highest BCUT2D eigenvalue weighted by Gasteiger charge is 2.16. The zero-order valence-electron chi connectivity index (χ0n) is 13.2. The van der Waals surface area contributed by atoms with Gasteiger partial charge in [-0.3, -0.25) is 4.40 Å². The number of rotatable bonds is 3. The standard InChI is InChI=1S/C19H16N4O/c1-24-16-9-5-13(6-10-16)17-18(14-3-7-15(20)8-4-14)23-12-2-11-21-19(23)22-17/h2-12H,20H2,1H3. The third kappa shape index (κ3) is 2.36. The maximum absolute atomic E-state index is 5.83. The molecule has 0 aliphatic rings. The summed E-state index contributed by atoms with van der Waals surface area (Å²) in [6, 6.07) is 17.5. The van der Waals surface area contributed by atoms with Crippen molar-refractivity contribution in [3.05, 3.63) is 67.0 Å². The second-order valence-electron chi connectivity index (χ2n) is 5.45. The topological polar surface area (TPSA) is 65.4 Å². The number of imidazole rings is 1. The number of hydrogen-bond acceptors (Lipinski definition) is 4. The van der Waals surface area contributed by atoms with Crippen LogP contribution in [0.25, 0.3) is 28.3 Å². The van der Waals surface area contributed by atoms with Crippen LogP contribution in [0.4, 0.5) is 5.69 Å². The fraction of sp³-hybridized carbons (Fsp3) is 0.0526. The minimum absolute atomic E-state index is 0.662. The molecule has 0 amide bonds. The summed E-state index contributed by atoms with van der Waals surface area (Å²) in [6.45, 7) is 0. The number of methoxy groups -OCH3 is 1. The molecule has 0 saturated heterocycles. The second-order valence-corrected chi connectivity index (χ2v) is 5.45. The molecule has 0 saturated carbocycles. The van der Waals surface area contributed by atoms with Crippen LogP contribution in [-0.4, -0.2) is 21.5 Å². The smallest absolute Gasteiger partial charge is 0.234 e. The molecule has 5 heteroatoms. The molecule has 0 aliphatic heterocycles. The number of anilines is 1. The fourth-order valence-electron chi connectivity index (χ4n) is 2.75. The van der Waals surface area contributed by atoms with Gasteiger partial charge in [0.2, 0.25) is 5.78 Å². The third-order valence-electron chi connectivity index (χ3n) is 3.95. The molecule has 4 aromatic rings. The molecule has 2 N–H and O–H groups in total. The summed E-state index contributed by atoms with van der Waals surface area (Å²) in [5.74, 6) is 1.48. The van der Waals surface area contributed by atoms with Gasteiger partial charge in [0.25, 0.3) is 0 Å². The Hall–Kier alpha value is -3.34. The number of nitrogens with two attached hydrogens (primary N) is 1. The van der Waals surface area contributed by atoms with Gasteiger partial charge in [-0.25, -0.2) is 9.97 Å². The van der Waals surface area contributed by atoms with Crippen LogP contribution in [0.2, 0.25) is 0 Å². The predicted molar refractivity (Wildman–Crippen MR) is 94.8 cm³/mol. The van der Waals surface area contributed by atoms with Gasteiger partial charge in [-0.2, -0.15) is 0 Å². The zero-order chi connectivity index (χ0) is 16.5. The minimum Gasteiger partial charge on any atom is -0.497 e. The maximum atomic E-state index is 5.83. The Balaban J connectivity index is 1.97. The van der Waals surface area contributed by atoms with Gasteiger partial charge in [0.05, 0.1) is 18.5 Å². The van der Waals surface area contributed by atoms with Crippen LogP contribution < -0.4 is 10.5 Å².